The summed E-state index contributed by atoms with van der Waals surface area (Å²) in [5, 5.41) is 2.51. The number of methoxy groups -OCH3 is 1. The third-order valence-electron chi connectivity index (χ3n) is 1.55. The first-order valence-electron chi connectivity index (χ1n) is 3.78. The molecule has 5 heteroatoms. The number of anilines is 1. The van der Waals surface area contributed by atoms with Crippen molar-refractivity contribution in [3.8, 4) is 0 Å². The molecule has 0 aliphatic heterocycles. The standard InChI is InChI=1S/C9H8BrNO3/c1-14-8(12)6-2-4-7(5-3-6)11-9(10)13/h2-5H,1H3,(H,11,13). The monoisotopic (exact) mass is 257 g/mol. The summed E-state index contributed by atoms with van der Waals surface area (Å²) < 4.78 is 4.52. The number of carbonyl (C=O) groups excluding carboxylic acids is 2. The van der Waals surface area contributed by atoms with E-state index in [9.17, 15) is 9.59 Å². The normalized spacial score (nSPS) is 9.29. The predicted octanol–water partition coefficient (Wildman–Crippen LogP) is 2.40. The molecule has 0 fully saturated rings. The Bertz CT molecular complexity index is 348. The number of nitrogens with one attached hydrogen (secondary N) is 1. The van der Waals surface area contributed by atoms with Crippen LogP contribution in [0, 0.1) is 0 Å². The number of hydrogen-bond donors (Lipinski definition) is 1. The molecular weight excluding hydrogens is 250 g/mol. The molecule has 0 heterocycles. The van der Waals surface area contributed by atoms with E-state index in [1.807, 2.05) is 0 Å². The van der Waals surface area contributed by atoms with Crippen LogP contribution < -0.4 is 5.32 Å². The lowest BCUT2D eigenvalue weighted by Gasteiger charge is -2.02. The number of amides is 1. The highest BCUT2D eigenvalue weighted by Crippen LogP contribution is 2.11. The van der Waals surface area contributed by atoms with E-state index in [4.69, 9.17) is 0 Å². The molecule has 0 aromatic heterocycles. The molecule has 1 N–H and O–H groups in total. The van der Waals surface area contributed by atoms with Crippen LogP contribution in [-0.2, 0) is 4.74 Å². The van der Waals surface area contributed by atoms with Gasteiger partial charge in [0.25, 0.3) is 4.82 Å². The van der Waals surface area contributed by atoms with Crippen LogP contribution in [0.15, 0.2) is 24.3 Å². The van der Waals surface area contributed by atoms with Gasteiger partial charge in [0, 0.05) is 21.6 Å². The molecule has 0 aliphatic carbocycles. The van der Waals surface area contributed by atoms with Crippen LogP contribution in [0.4, 0.5) is 10.5 Å². The number of esters is 1. The molecule has 0 atom stereocenters. The van der Waals surface area contributed by atoms with Crippen molar-refractivity contribution >= 4 is 32.4 Å². The van der Waals surface area contributed by atoms with Crippen LogP contribution in [0.3, 0.4) is 0 Å². The minimum Gasteiger partial charge on any atom is -0.465 e. The summed E-state index contributed by atoms with van der Waals surface area (Å²) in [6.07, 6.45) is 0. The fourth-order valence-electron chi connectivity index (χ4n) is 0.921. The molecule has 4 nitrogen and oxygen atoms in total. The average Bonchev–Trinajstić information content (AvgIpc) is 2.17. The molecule has 1 aromatic rings. The zero-order valence-electron chi connectivity index (χ0n) is 7.41. The van der Waals surface area contributed by atoms with E-state index in [-0.39, 0.29) is 4.82 Å². The maximum atomic E-state index is 11.0. The predicted molar refractivity (Wildman–Crippen MR) is 55.7 cm³/mol. The summed E-state index contributed by atoms with van der Waals surface area (Å²) in [6.45, 7) is 0. The SMILES string of the molecule is COC(=O)c1ccc(NC(=O)Br)cc1. The Morgan fingerprint density at radius 2 is 1.86 bits per heavy atom. The number of ether oxygens (including phenoxy) is 1. The topological polar surface area (TPSA) is 55.4 Å². The highest BCUT2D eigenvalue weighted by atomic mass is 79.9. The maximum Gasteiger partial charge on any atom is 0.337 e. The lowest BCUT2D eigenvalue weighted by molar-refractivity contribution is 0.0601. The van der Waals surface area contributed by atoms with Gasteiger partial charge in [-0.25, -0.2) is 4.79 Å². The quantitative estimate of drug-likeness (QED) is 0.503. The molecular formula is C9H8BrNO3. The van der Waals surface area contributed by atoms with Gasteiger partial charge in [-0.2, -0.15) is 0 Å². The van der Waals surface area contributed by atoms with E-state index in [0.717, 1.165) is 0 Å². The first-order chi connectivity index (χ1) is 6.63. The van der Waals surface area contributed by atoms with Crippen LogP contribution in [0.25, 0.3) is 0 Å². The minimum absolute atomic E-state index is 0.330. The van der Waals surface area contributed by atoms with Gasteiger partial charge in [0.1, 0.15) is 0 Å². The van der Waals surface area contributed by atoms with Gasteiger partial charge in [-0.1, -0.05) is 0 Å². The zero-order valence-corrected chi connectivity index (χ0v) is 9.00. The Kier molecular flexibility index (Phi) is 3.64. The van der Waals surface area contributed by atoms with E-state index >= 15 is 0 Å². The molecule has 0 saturated carbocycles. The Labute approximate surface area is 89.4 Å². The summed E-state index contributed by atoms with van der Waals surface area (Å²) in [4.78, 5) is 21.3. The van der Waals surface area contributed by atoms with E-state index < -0.39 is 5.97 Å². The molecule has 14 heavy (non-hydrogen) atoms. The molecule has 0 unspecified atom stereocenters. The van der Waals surface area contributed by atoms with E-state index in [0.29, 0.717) is 11.3 Å². The van der Waals surface area contributed by atoms with Gasteiger partial charge in [-0.3, -0.25) is 4.79 Å². The molecule has 0 radical (unpaired) electrons. The smallest absolute Gasteiger partial charge is 0.337 e. The van der Waals surface area contributed by atoms with Crippen LogP contribution >= 0.6 is 15.9 Å². The van der Waals surface area contributed by atoms with E-state index in [1.165, 1.54) is 7.11 Å². The molecule has 1 rings (SSSR count). The minimum atomic E-state index is -0.401. The second-order valence-electron chi connectivity index (χ2n) is 2.47. The lowest BCUT2D eigenvalue weighted by Crippen LogP contribution is -2.03. The Morgan fingerprint density at radius 3 is 2.29 bits per heavy atom. The van der Waals surface area contributed by atoms with E-state index in [1.54, 1.807) is 24.3 Å². The lowest BCUT2D eigenvalue weighted by atomic mass is 10.2. The third-order valence-corrected chi connectivity index (χ3v) is 1.75. The van der Waals surface area contributed by atoms with Crippen molar-refractivity contribution in [2.24, 2.45) is 0 Å². The van der Waals surface area contributed by atoms with Crippen molar-refractivity contribution in [1.82, 2.24) is 0 Å². The van der Waals surface area contributed by atoms with Crippen LogP contribution in [0.1, 0.15) is 10.4 Å². The molecule has 74 valence electrons. The van der Waals surface area contributed by atoms with Crippen molar-refractivity contribution in [2.75, 3.05) is 12.4 Å². The number of benzene rings is 1. The van der Waals surface area contributed by atoms with Crippen molar-refractivity contribution in [3.05, 3.63) is 29.8 Å². The second-order valence-corrected chi connectivity index (χ2v) is 3.19. The first-order valence-corrected chi connectivity index (χ1v) is 4.57. The number of carbonyl (C=O) groups is 2. The number of halogens is 1. The number of hydrogen-bond acceptors (Lipinski definition) is 3. The molecule has 0 aliphatic rings. The summed E-state index contributed by atoms with van der Waals surface area (Å²) in [7, 11) is 1.32. The van der Waals surface area contributed by atoms with Gasteiger partial charge in [0.05, 0.1) is 12.7 Å². The molecule has 0 saturated heterocycles. The van der Waals surface area contributed by atoms with Gasteiger partial charge in [-0.05, 0) is 24.3 Å². The van der Waals surface area contributed by atoms with Gasteiger partial charge < -0.3 is 10.1 Å². The Balaban J connectivity index is 2.78. The zero-order chi connectivity index (χ0) is 10.6. The van der Waals surface area contributed by atoms with Crippen molar-refractivity contribution in [1.29, 1.82) is 0 Å². The van der Waals surface area contributed by atoms with Crippen molar-refractivity contribution in [2.45, 2.75) is 0 Å². The third kappa shape index (κ3) is 2.85. The summed E-state index contributed by atoms with van der Waals surface area (Å²) >= 11 is 2.73. The summed E-state index contributed by atoms with van der Waals surface area (Å²) in [5.41, 5.74) is 1.06. The first kappa shape index (κ1) is 10.7. The Hall–Kier alpha value is -1.36. The molecule has 0 spiro atoms. The largest absolute Gasteiger partial charge is 0.465 e. The van der Waals surface area contributed by atoms with Crippen molar-refractivity contribution < 1.29 is 14.3 Å². The Morgan fingerprint density at radius 1 is 1.29 bits per heavy atom. The van der Waals surface area contributed by atoms with Crippen molar-refractivity contribution in [3.63, 3.8) is 0 Å². The van der Waals surface area contributed by atoms with Crippen LogP contribution in [-0.4, -0.2) is 17.9 Å². The maximum absolute atomic E-state index is 11.0. The van der Waals surface area contributed by atoms with Crippen LogP contribution in [0.2, 0.25) is 0 Å². The molecule has 0 bridgehead atoms. The number of rotatable bonds is 2. The van der Waals surface area contributed by atoms with Crippen LogP contribution in [0.5, 0.6) is 0 Å². The van der Waals surface area contributed by atoms with E-state index in [2.05, 4.69) is 26.0 Å². The second kappa shape index (κ2) is 4.76. The molecule has 1 aromatic carbocycles. The molecule has 1 amide bonds. The fourth-order valence-corrected chi connectivity index (χ4v) is 1.15. The average molecular weight is 258 g/mol. The summed E-state index contributed by atoms with van der Waals surface area (Å²) in [6, 6.07) is 6.38. The van der Waals surface area contributed by atoms with Gasteiger partial charge in [0.2, 0.25) is 0 Å². The van der Waals surface area contributed by atoms with Gasteiger partial charge in [0.15, 0.2) is 0 Å². The fraction of sp³-hybridized carbons (Fsp3) is 0.111. The summed E-state index contributed by atoms with van der Waals surface area (Å²) in [5.74, 6) is -0.401. The van der Waals surface area contributed by atoms with Gasteiger partial charge in [-0.15, -0.1) is 0 Å². The highest BCUT2D eigenvalue weighted by molar-refractivity contribution is 9.18. The van der Waals surface area contributed by atoms with Gasteiger partial charge >= 0.3 is 5.97 Å². The highest BCUT2D eigenvalue weighted by Gasteiger charge is 2.04.